The highest BCUT2D eigenvalue weighted by molar-refractivity contribution is 5.79. The lowest BCUT2D eigenvalue weighted by Crippen LogP contribution is -2.39. The van der Waals surface area contributed by atoms with Crippen molar-refractivity contribution < 1.29 is 4.52 Å². The highest BCUT2D eigenvalue weighted by atomic mass is 16.5. The molecule has 2 aromatic heterocycles. The molecule has 0 amide bonds. The van der Waals surface area contributed by atoms with Crippen LogP contribution in [0.3, 0.4) is 0 Å². The van der Waals surface area contributed by atoms with Crippen LogP contribution in [0, 0.1) is 0 Å². The molecule has 0 unspecified atom stereocenters. The maximum absolute atomic E-state index is 5.23. The van der Waals surface area contributed by atoms with E-state index in [0.29, 0.717) is 18.9 Å². The van der Waals surface area contributed by atoms with Crippen LogP contribution in [0.4, 0.5) is 0 Å². The normalized spacial score (nSPS) is 12.0. The Bertz CT molecular complexity index is 644. The Labute approximate surface area is 136 Å². The van der Waals surface area contributed by atoms with E-state index in [0.717, 1.165) is 23.9 Å². The smallest absolute Gasteiger partial charge is 0.228 e. The highest BCUT2D eigenvalue weighted by Gasteiger charge is 2.11. The van der Waals surface area contributed by atoms with Gasteiger partial charge in [-0.2, -0.15) is 10.1 Å². The van der Waals surface area contributed by atoms with Crippen LogP contribution in [-0.4, -0.2) is 51.4 Å². The van der Waals surface area contributed by atoms with E-state index in [4.69, 9.17) is 4.52 Å². The quantitative estimate of drug-likeness (QED) is 0.636. The molecule has 23 heavy (non-hydrogen) atoms. The minimum absolute atomic E-state index is 0.277. The van der Waals surface area contributed by atoms with Gasteiger partial charge in [0, 0.05) is 58.3 Å². The van der Waals surface area contributed by atoms with Crippen LogP contribution in [0.1, 0.15) is 37.0 Å². The molecule has 0 atom stereocenters. The van der Waals surface area contributed by atoms with Gasteiger partial charge in [0.25, 0.3) is 0 Å². The Morgan fingerprint density at radius 1 is 1.48 bits per heavy atom. The molecule has 2 heterocycles. The Morgan fingerprint density at radius 2 is 2.26 bits per heavy atom. The van der Waals surface area contributed by atoms with Crippen LogP contribution in [0.15, 0.2) is 21.9 Å². The van der Waals surface area contributed by atoms with Crippen molar-refractivity contribution in [1.82, 2.24) is 30.1 Å². The average Bonchev–Trinajstić information content (AvgIpc) is 3.13. The SMILES string of the molecule is CN=C(NCCc1nc(C(C)C)no1)N(C)Cc1cnn(C)c1. The number of hydrogen-bond donors (Lipinski definition) is 1. The van der Waals surface area contributed by atoms with E-state index in [1.165, 1.54) is 0 Å². The molecule has 0 fully saturated rings. The third-order valence-corrected chi connectivity index (χ3v) is 3.37. The van der Waals surface area contributed by atoms with Crippen LogP contribution in [0.5, 0.6) is 0 Å². The van der Waals surface area contributed by atoms with E-state index in [2.05, 4.69) is 25.5 Å². The highest BCUT2D eigenvalue weighted by Crippen LogP contribution is 2.09. The van der Waals surface area contributed by atoms with Gasteiger partial charge < -0.3 is 14.7 Å². The minimum atomic E-state index is 0.277. The summed E-state index contributed by atoms with van der Waals surface area (Å²) in [6, 6.07) is 0. The van der Waals surface area contributed by atoms with Crippen molar-refractivity contribution in [2.75, 3.05) is 20.6 Å². The fraction of sp³-hybridized carbons (Fsp3) is 0.600. The van der Waals surface area contributed by atoms with Crippen molar-refractivity contribution >= 4 is 5.96 Å². The van der Waals surface area contributed by atoms with Crippen LogP contribution in [-0.2, 0) is 20.0 Å². The molecule has 0 aliphatic rings. The lowest BCUT2D eigenvalue weighted by molar-refractivity contribution is 0.370. The van der Waals surface area contributed by atoms with Gasteiger partial charge in [0.15, 0.2) is 11.8 Å². The van der Waals surface area contributed by atoms with E-state index in [9.17, 15) is 0 Å². The number of aryl methyl sites for hydroxylation is 1. The van der Waals surface area contributed by atoms with Crippen LogP contribution in [0.2, 0.25) is 0 Å². The molecule has 0 bridgehead atoms. The molecule has 126 valence electrons. The van der Waals surface area contributed by atoms with Gasteiger partial charge in [-0.05, 0) is 0 Å². The Balaban J connectivity index is 1.82. The molecule has 0 aliphatic carbocycles. The lowest BCUT2D eigenvalue weighted by Gasteiger charge is -2.21. The molecule has 0 aliphatic heterocycles. The van der Waals surface area contributed by atoms with Gasteiger partial charge in [-0.3, -0.25) is 9.67 Å². The van der Waals surface area contributed by atoms with E-state index in [-0.39, 0.29) is 5.92 Å². The predicted molar refractivity (Wildman–Crippen MR) is 88.1 cm³/mol. The van der Waals surface area contributed by atoms with E-state index >= 15 is 0 Å². The number of hydrogen-bond acceptors (Lipinski definition) is 5. The summed E-state index contributed by atoms with van der Waals surface area (Å²) in [6.45, 7) is 5.51. The number of nitrogens with zero attached hydrogens (tertiary/aromatic N) is 6. The summed E-state index contributed by atoms with van der Waals surface area (Å²) in [5.74, 6) is 2.49. The fourth-order valence-electron chi connectivity index (χ4n) is 2.17. The van der Waals surface area contributed by atoms with Gasteiger partial charge in [-0.25, -0.2) is 0 Å². The molecule has 2 aromatic rings. The lowest BCUT2D eigenvalue weighted by atomic mass is 10.2. The van der Waals surface area contributed by atoms with Crippen molar-refractivity contribution in [3.63, 3.8) is 0 Å². The number of aromatic nitrogens is 4. The maximum atomic E-state index is 5.23. The second kappa shape index (κ2) is 7.75. The molecule has 0 aromatic carbocycles. The van der Waals surface area contributed by atoms with Gasteiger partial charge in [0.05, 0.1) is 6.20 Å². The van der Waals surface area contributed by atoms with E-state index in [1.54, 1.807) is 11.7 Å². The zero-order valence-corrected chi connectivity index (χ0v) is 14.4. The first kappa shape index (κ1) is 17.0. The molecule has 8 nitrogen and oxygen atoms in total. The first-order chi connectivity index (χ1) is 11.0. The molecule has 1 N–H and O–H groups in total. The van der Waals surface area contributed by atoms with Crippen molar-refractivity contribution in [1.29, 1.82) is 0 Å². The summed E-state index contributed by atoms with van der Waals surface area (Å²) in [5, 5.41) is 11.4. The van der Waals surface area contributed by atoms with Gasteiger partial charge in [-0.15, -0.1) is 0 Å². The molecule has 0 saturated carbocycles. The van der Waals surface area contributed by atoms with E-state index < -0.39 is 0 Å². The molecular formula is C15H25N7O. The molecule has 0 spiro atoms. The molecule has 2 rings (SSSR count). The van der Waals surface area contributed by atoms with Crippen molar-refractivity contribution in [2.45, 2.75) is 32.7 Å². The average molecular weight is 319 g/mol. The Kier molecular flexibility index (Phi) is 5.72. The predicted octanol–water partition coefficient (Wildman–Crippen LogP) is 1.18. The molecule has 8 heteroatoms. The largest absolute Gasteiger partial charge is 0.356 e. The van der Waals surface area contributed by atoms with Crippen LogP contribution < -0.4 is 5.32 Å². The Morgan fingerprint density at radius 3 is 2.83 bits per heavy atom. The third kappa shape index (κ3) is 4.80. The van der Waals surface area contributed by atoms with Crippen molar-refractivity contribution in [3.05, 3.63) is 29.7 Å². The van der Waals surface area contributed by atoms with Gasteiger partial charge in [-0.1, -0.05) is 19.0 Å². The number of nitrogens with one attached hydrogen (secondary N) is 1. The summed E-state index contributed by atoms with van der Waals surface area (Å²) < 4.78 is 7.03. The molecule has 0 saturated heterocycles. The van der Waals surface area contributed by atoms with Gasteiger partial charge in [0.2, 0.25) is 5.89 Å². The Hall–Kier alpha value is -2.38. The summed E-state index contributed by atoms with van der Waals surface area (Å²) >= 11 is 0. The second-order valence-corrected chi connectivity index (χ2v) is 5.80. The number of guanidine groups is 1. The summed E-state index contributed by atoms with van der Waals surface area (Å²) in [6.07, 6.45) is 4.52. The van der Waals surface area contributed by atoms with Crippen molar-refractivity contribution in [2.24, 2.45) is 12.0 Å². The van der Waals surface area contributed by atoms with Gasteiger partial charge in [0.1, 0.15) is 0 Å². The zero-order valence-electron chi connectivity index (χ0n) is 14.4. The fourth-order valence-corrected chi connectivity index (χ4v) is 2.17. The number of rotatable bonds is 6. The minimum Gasteiger partial charge on any atom is -0.356 e. The third-order valence-electron chi connectivity index (χ3n) is 3.37. The van der Waals surface area contributed by atoms with Crippen LogP contribution in [0.25, 0.3) is 0 Å². The summed E-state index contributed by atoms with van der Waals surface area (Å²) in [7, 11) is 5.67. The summed E-state index contributed by atoms with van der Waals surface area (Å²) in [5.41, 5.74) is 1.14. The zero-order chi connectivity index (χ0) is 16.8. The summed E-state index contributed by atoms with van der Waals surface area (Å²) in [4.78, 5) is 10.7. The second-order valence-electron chi connectivity index (χ2n) is 5.80. The van der Waals surface area contributed by atoms with E-state index in [1.807, 2.05) is 45.2 Å². The topological polar surface area (TPSA) is 84.4 Å². The number of aliphatic imine (C=N–C) groups is 1. The molecule has 0 radical (unpaired) electrons. The van der Waals surface area contributed by atoms with Gasteiger partial charge >= 0.3 is 0 Å². The van der Waals surface area contributed by atoms with Crippen molar-refractivity contribution in [3.8, 4) is 0 Å². The first-order valence-electron chi connectivity index (χ1n) is 7.71. The first-order valence-corrected chi connectivity index (χ1v) is 7.71. The standard InChI is InChI=1S/C15H25N7O/c1-11(2)14-19-13(23-20-14)6-7-17-15(16-3)21(4)9-12-8-18-22(5)10-12/h8,10-11H,6-7,9H2,1-5H3,(H,16,17). The maximum Gasteiger partial charge on any atom is 0.228 e. The monoisotopic (exact) mass is 319 g/mol. The van der Waals surface area contributed by atoms with Crippen LogP contribution >= 0.6 is 0 Å². The molecular weight excluding hydrogens is 294 g/mol.